The molecule has 0 amide bonds. The third kappa shape index (κ3) is 3.62. The zero-order valence-corrected chi connectivity index (χ0v) is 12.1. The zero-order valence-electron chi connectivity index (χ0n) is 11.3. The molecule has 0 bridgehead atoms. The van der Waals surface area contributed by atoms with Gasteiger partial charge in [0, 0.05) is 17.7 Å². The summed E-state index contributed by atoms with van der Waals surface area (Å²) in [7, 11) is 0. The van der Waals surface area contributed by atoms with Gasteiger partial charge >= 0.3 is 0 Å². The molecule has 0 atom stereocenters. The fraction of sp³-hybridized carbons (Fsp3) is 0.143. The van der Waals surface area contributed by atoms with E-state index in [1.165, 1.54) is 18.2 Å². The molecule has 0 radical (unpaired) electrons. The fourth-order valence-electron chi connectivity index (χ4n) is 1.83. The molecule has 0 unspecified atom stereocenters. The molecule has 110 valence electrons. The highest BCUT2D eigenvalue weighted by Crippen LogP contribution is 2.28. The SMILES string of the molecule is Cc1ccc(OCc2cc([N+](=O)[O-])ccc2NN)c(Cl)c1. The number of non-ortho nitro benzene ring substituents is 1. The van der Waals surface area contributed by atoms with Crippen LogP contribution in [-0.4, -0.2) is 4.92 Å². The minimum atomic E-state index is -0.470. The van der Waals surface area contributed by atoms with Crippen LogP contribution < -0.4 is 16.0 Å². The molecule has 0 aromatic heterocycles. The average Bonchev–Trinajstić information content (AvgIpc) is 2.46. The molecule has 6 nitrogen and oxygen atoms in total. The maximum absolute atomic E-state index is 10.8. The number of ether oxygens (including phenoxy) is 1. The summed E-state index contributed by atoms with van der Waals surface area (Å²) in [5.41, 5.74) is 4.61. The number of hydrazine groups is 1. The zero-order chi connectivity index (χ0) is 15.4. The van der Waals surface area contributed by atoms with Gasteiger partial charge in [0.1, 0.15) is 12.4 Å². The van der Waals surface area contributed by atoms with E-state index in [0.717, 1.165) is 5.56 Å². The number of aryl methyl sites for hydroxylation is 1. The van der Waals surface area contributed by atoms with Gasteiger partial charge in [-0.3, -0.25) is 16.0 Å². The normalized spacial score (nSPS) is 10.2. The number of nitro benzene ring substituents is 1. The second-order valence-corrected chi connectivity index (χ2v) is 4.87. The van der Waals surface area contributed by atoms with Crippen molar-refractivity contribution in [1.29, 1.82) is 0 Å². The highest BCUT2D eigenvalue weighted by Gasteiger charge is 2.11. The van der Waals surface area contributed by atoms with Crippen LogP contribution in [0.1, 0.15) is 11.1 Å². The van der Waals surface area contributed by atoms with Crippen LogP contribution in [-0.2, 0) is 6.61 Å². The van der Waals surface area contributed by atoms with Gasteiger partial charge in [-0.1, -0.05) is 17.7 Å². The van der Waals surface area contributed by atoms with E-state index in [0.29, 0.717) is 22.0 Å². The van der Waals surface area contributed by atoms with Crippen LogP contribution in [0.25, 0.3) is 0 Å². The molecule has 7 heteroatoms. The quantitative estimate of drug-likeness (QED) is 0.502. The third-order valence-electron chi connectivity index (χ3n) is 2.93. The van der Waals surface area contributed by atoms with Crippen LogP contribution in [0.5, 0.6) is 5.75 Å². The number of rotatable bonds is 5. The molecule has 2 aromatic rings. The summed E-state index contributed by atoms with van der Waals surface area (Å²) in [6, 6.07) is 9.73. The van der Waals surface area contributed by atoms with Crippen LogP contribution in [0.2, 0.25) is 5.02 Å². The van der Waals surface area contributed by atoms with E-state index in [1.54, 1.807) is 12.1 Å². The van der Waals surface area contributed by atoms with E-state index in [1.807, 2.05) is 13.0 Å². The molecular formula is C14H14ClN3O3. The number of nitrogen functional groups attached to an aromatic ring is 1. The molecule has 0 aliphatic heterocycles. The van der Waals surface area contributed by atoms with Gasteiger partial charge in [0.2, 0.25) is 0 Å². The van der Waals surface area contributed by atoms with Gasteiger partial charge in [-0.25, -0.2) is 0 Å². The predicted molar refractivity (Wildman–Crippen MR) is 81.4 cm³/mol. The lowest BCUT2D eigenvalue weighted by atomic mass is 10.1. The first-order chi connectivity index (χ1) is 10.0. The van der Waals surface area contributed by atoms with Crippen LogP contribution >= 0.6 is 11.6 Å². The second-order valence-electron chi connectivity index (χ2n) is 4.47. The minimum Gasteiger partial charge on any atom is -0.487 e. The Morgan fingerprint density at radius 1 is 1.33 bits per heavy atom. The number of nitro groups is 1. The van der Waals surface area contributed by atoms with Gasteiger partial charge in [0.25, 0.3) is 5.69 Å². The van der Waals surface area contributed by atoms with Gasteiger partial charge in [-0.15, -0.1) is 0 Å². The molecule has 2 rings (SSSR count). The summed E-state index contributed by atoms with van der Waals surface area (Å²) in [6.45, 7) is 2.04. The lowest BCUT2D eigenvalue weighted by Gasteiger charge is -2.12. The molecule has 0 fully saturated rings. The first-order valence-corrected chi connectivity index (χ1v) is 6.52. The Balaban J connectivity index is 2.22. The average molecular weight is 308 g/mol. The lowest BCUT2D eigenvalue weighted by Crippen LogP contribution is -2.11. The monoisotopic (exact) mass is 307 g/mol. The number of halogens is 1. The minimum absolute atomic E-state index is 0.0254. The standard InChI is InChI=1S/C14H14ClN3O3/c1-9-2-5-14(12(15)6-9)21-8-10-7-11(18(19)20)3-4-13(10)17-16/h2-7,17H,8,16H2,1H3. The molecule has 0 saturated heterocycles. The molecule has 0 aliphatic carbocycles. The number of nitrogens with one attached hydrogen (secondary N) is 1. The van der Waals surface area contributed by atoms with Crippen LogP contribution in [0.15, 0.2) is 36.4 Å². The summed E-state index contributed by atoms with van der Waals surface area (Å²) in [6.07, 6.45) is 0. The Morgan fingerprint density at radius 3 is 2.71 bits per heavy atom. The number of nitrogens with zero attached hydrogens (tertiary/aromatic N) is 1. The Bertz CT molecular complexity index is 677. The van der Waals surface area contributed by atoms with E-state index in [9.17, 15) is 10.1 Å². The summed E-state index contributed by atoms with van der Waals surface area (Å²) in [5, 5.41) is 11.3. The summed E-state index contributed by atoms with van der Waals surface area (Å²) in [5.74, 6) is 5.90. The maximum Gasteiger partial charge on any atom is 0.269 e. The van der Waals surface area contributed by atoms with Gasteiger partial charge in [0.05, 0.1) is 15.6 Å². The number of benzene rings is 2. The van der Waals surface area contributed by atoms with Crippen LogP contribution in [0, 0.1) is 17.0 Å². The van der Waals surface area contributed by atoms with Crippen molar-refractivity contribution in [3.8, 4) is 5.75 Å². The van der Waals surface area contributed by atoms with Crippen molar-refractivity contribution in [2.45, 2.75) is 13.5 Å². The van der Waals surface area contributed by atoms with E-state index < -0.39 is 4.92 Å². The van der Waals surface area contributed by atoms with Crippen molar-refractivity contribution < 1.29 is 9.66 Å². The molecule has 0 heterocycles. The number of anilines is 1. The summed E-state index contributed by atoms with van der Waals surface area (Å²) >= 11 is 6.08. The molecule has 0 spiro atoms. The Kier molecular flexibility index (Phi) is 4.62. The Morgan fingerprint density at radius 2 is 2.10 bits per heavy atom. The largest absolute Gasteiger partial charge is 0.487 e. The van der Waals surface area contributed by atoms with Crippen molar-refractivity contribution in [2.75, 3.05) is 5.43 Å². The van der Waals surface area contributed by atoms with Gasteiger partial charge in [-0.2, -0.15) is 0 Å². The highest BCUT2D eigenvalue weighted by atomic mass is 35.5. The molecule has 0 aliphatic rings. The molecule has 21 heavy (non-hydrogen) atoms. The van der Waals surface area contributed by atoms with E-state index in [4.69, 9.17) is 22.2 Å². The van der Waals surface area contributed by atoms with Crippen LogP contribution in [0.4, 0.5) is 11.4 Å². The smallest absolute Gasteiger partial charge is 0.269 e. The van der Waals surface area contributed by atoms with Gasteiger partial charge < -0.3 is 10.2 Å². The highest BCUT2D eigenvalue weighted by molar-refractivity contribution is 6.32. The van der Waals surface area contributed by atoms with Crippen molar-refractivity contribution in [3.63, 3.8) is 0 Å². The number of nitrogens with two attached hydrogens (primary N) is 1. The summed E-state index contributed by atoms with van der Waals surface area (Å²) < 4.78 is 5.60. The van der Waals surface area contributed by atoms with E-state index in [2.05, 4.69) is 5.43 Å². The predicted octanol–water partition coefficient (Wildman–Crippen LogP) is 3.42. The maximum atomic E-state index is 10.8. The van der Waals surface area contributed by atoms with Gasteiger partial charge in [-0.05, 0) is 30.7 Å². The summed E-state index contributed by atoms with van der Waals surface area (Å²) in [4.78, 5) is 10.3. The van der Waals surface area contributed by atoms with E-state index >= 15 is 0 Å². The number of hydrogen-bond donors (Lipinski definition) is 2. The van der Waals surface area contributed by atoms with Crippen molar-refractivity contribution >= 4 is 23.0 Å². The second kappa shape index (κ2) is 6.43. The Labute approximate surface area is 126 Å². The first kappa shape index (κ1) is 15.1. The fourth-order valence-corrected chi connectivity index (χ4v) is 2.12. The molecule has 2 aromatic carbocycles. The van der Waals surface area contributed by atoms with E-state index in [-0.39, 0.29) is 12.3 Å². The van der Waals surface area contributed by atoms with Crippen molar-refractivity contribution in [2.24, 2.45) is 5.84 Å². The van der Waals surface area contributed by atoms with Crippen molar-refractivity contribution in [3.05, 3.63) is 62.7 Å². The van der Waals surface area contributed by atoms with Gasteiger partial charge in [0.15, 0.2) is 0 Å². The Hall–Kier alpha value is -2.31. The van der Waals surface area contributed by atoms with Crippen LogP contribution in [0.3, 0.4) is 0 Å². The molecular weight excluding hydrogens is 294 g/mol. The molecule has 0 saturated carbocycles. The van der Waals surface area contributed by atoms with Crippen molar-refractivity contribution in [1.82, 2.24) is 0 Å². The third-order valence-corrected chi connectivity index (χ3v) is 3.22. The topological polar surface area (TPSA) is 90.4 Å². The first-order valence-electron chi connectivity index (χ1n) is 6.14. The lowest BCUT2D eigenvalue weighted by molar-refractivity contribution is -0.384. The number of hydrogen-bond acceptors (Lipinski definition) is 5. The molecule has 3 N–H and O–H groups in total.